The molecule has 0 aliphatic carbocycles. The van der Waals surface area contributed by atoms with Crippen molar-refractivity contribution in [3.63, 3.8) is 0 Å². The predicted molar refractivity (Wildman–Crippen MR) is 144 cm³/mol. The second kappa shape index (κ2) is 12.6. The van der Waals surface area contributed by atoms with Crippen LogP contribution in [0.3, 0.4) is 0 Å². The number of aliphatic hydroxyl groups is 2. The van der Waals surface area contributed by atoms with E-state index in [4.69, 9.17) is 18.5 Å². The van der Waals surface area contributed by atoms with E-state index < -0.39 is 74.1 Å². The Morgan fingerprint density at radius 3 is 2.63 bits per heavy atom. The van der Waals surface area contributed by atoms with E-state index in [0.29, 0.717) is 11.6 Å². The zero-order valence-corrected chi connectivity index (χ0v) is 23.3. The zero-order valence-electron chi connectivity index (χ0n) is 22.4. The van der Waals surface area contributed by atoms with Crippen LogP contribution in [0.1, 0.15) is 33.4 Å². The molecule has 0 radical (unpaired) electrons. The first kappa shape index (κ1) is 30.6. The van der Waals surface area contributed by atoms with Crippen molar-refractivity contribution in [3.8, 4) is 5.75 Å². The van der Waals surface area contributed by atoms with Crippen LogP contribution < -0.4 is 20.9 Å². The van der Waals surface area contributed by atoms with E-state index in [1.165, 1.54) is 6.92 Å². The molecule has 4 N–H and O–H groups in total. The Kier molecular flexibility index (Phi) is 9.42. The maximum Gasteiger partial charge on any atom is 0.459 e. The van der Waals surface area contributed by atoms with Crippen molar-refractivity contribution < 1.29 is 42.5 Å². The molecule has 15 heteroatoms. The summed E-state index contributed by atoms with van der Waals surface area (Å²) < 4.78 is 51.3. The van der Waals surface area contributed by atoms with E-state index >= 15 is 0 Å². The van der Waals surface area contributed by atoms with Crippen LogP contribution in [0.5, 0.6) is 5.75 Å². The van der Waals surface area contributed by atoms with Crippen molar-refractivity contribution in [1.29, 1.82) is 0 Å². The molecular weight excluding hydrogens is 564 g/mol. The van der Waals surface area contributed by atoms with E-state index in [9.17, 15) is 33.6 Å². The van der Waals surface area contributed by atoms with Crippen LogP contribution in [0.25, 0.3) is 10.8 Å². The number of aromatic nitrogens is 2. The van der Waals surface area contributed by atoms with Gasteiger partial charge in [-0.05, 0) is 32.2 Å². The Hall–Kier alpha value is -3.39. The molecule has 6 atom stereocenters. The molecule has 0 amide bonds. The number of aliphatic hydroxyl groups excluding tert-OH is 2. The summed E-state index contributed by atoms with van der Waals surface area (Å²) in [7, 11) is -4.54. The summed E-state index contributed by atoms with van der Waals surface area (Å²) in [6.45, 7) is 3.84. The minimum atomic E-state index is -4.54. The quantitative estimate of drug-likeness (QED) is 0.188. The SMILES string of the molecule is CC(C)OC(=O)[C@H](C)N[P@@](=O)(Oc1cccc2ccccc12)O[C@H](CO)[C@H]1O[C@@H](n2cc(F)c(=O)[nH]c2=O)CC1O. The van der Waals surface area contributed by atoms with Gasteiger partial charge < -0.3 is 24.2 Å². The zero-order chi connectivity index (χ0) is 29.9. The van der Waals surface area contributed by atoms with E-state index in [1.807, 2.05) is 12.1 Å². The smallest absolute Gasteiger partial charge is 0.459 e. The van der Waals surface area contributed by atoms with Crippen LogP contribution in [0.15, 0.2) is 58.3 Å². The molecule has 1 aliphatic rings. The first-order valence-corrected chi connectivity index (χ1v) is 14.3. The topological polar surface area (TPSA) is 178 Å². The maximum atomic E-state index is 14.2. The van der Waals surface area contributed by atoms with Crippen LogP contribution in [0, 0.1) is 5.82 Å². The number of carbonyl (C=O) groups excluding carboxylic acids is 1. The summed E-state index contributed by atoms with van der Waals surface area (Å²) >= 11 is 0. The number of nitrogens with one attached hydrogen (secondary N) is 2. The predicted octanol–water partition coefficient (Wildman–Crippen LogP) is 1.97. The van der Waals surface area contributed by atoms with Gasteiger partial charge in [0.2, 0.25) is 5.82 Å². The monoisotopic (exact) mass is 595 g/mol. The highest BCUT2D eigenvalue weighted by Gasteiger charge is 2.45. The number of carbonyl (C=O) groups is 1. The maximum absolute atomic E-state index is 14.2. The normalized spacial score (nSPS) is 21.9. The van der Waals surface area contributed by atoms with Gasteiger partial charge in [0.1, 0.15) is 30.2 Å². The molecule has 3 aromatic rings. The summed E-state index contributed by atoms with van der Waals surface area (Å²) in [5.41, 5.74) is -2.21. The van der Waals surface area contributed by atoms with Crippen molar-refractivity contribution in [2.75, 3.05) is 6.61 Å². The average molecular weight is 596 g/mol. The van der Waals surface area contributed by atoms with Gasteiger partial charge in [0.05, 0.1) is 25.0 Å². The van der Waals surface area contributed by atoms with Crippen LogP contribution >= 0.6 is 7.75 Å². The molecule has 41 heavy (non-hydrogen) atoms. The lowest BCUT2D eigenvalue weighted by Crippen LogP contribution is -2.42. The van der Waals surface area contributed by atoms with Crippen molar-refractivity contribution >= 4 is 24.5 Å². The number of hydrogen-bond donors (Lipinski definition) is 4. The molecule has 0 bridgehead atoms. The second-order valence-electron chi connectivity index (χ2n) is 9.73. The number of rotatable bonds is 11. The number of benzene rings is 2. The summed E-state index contributed by atoms with van der Waals surface area (Å²) in [6, 6.07) is 10.9. The lowest BCUT2D eigenvalue weighted by molar-refractivity contribution is -0.149. The van der Waals surface area contributed by atoms with Crippen LogP contribution in [-0.2, 0) is 23.4 Å². The van der Waals surface area contributed by atoms with Crippen molar-refractivity contribution in [3.05, 3.63) is 75.3 Å². The number of ether oxygens (including phenoxy) is 2. The fraction of sp³-hybridized carbons (Fsp3) is 0.423. The molecule has 1 aromatic heterocycles. The molecule has 222 valence electrons. The van der Waals surface area contributed by atoms with Gasteiger partial charge in [-0.2, -0.15) is 9.48 Å². The third kappa shape index (κ3) is 7.10. The summed E-state index contributed by atoms with van der Waals surface area (Å²) in [6.07, 6.45) is -5.61. The fourth-order valence-electron chi connectivity index (χ4n) is 4.34. The number of fused-ring (bicyclic) bond motifs is 1. The number of aromatic amines is 1. The van der Waals surface area contributed by atoms with E-state index in [2.05, 4.69) is 5.09 Å². The van der Waals surface area contributed by atoms with Gasteiger partial charge in [-0.15, -0.1) is 0 Å². The first-order chi connectivity index (χ1) is 19.4. The highest BCUT2D eigenvalue weighted by Crippen LogP contribution is 2.49. The highest BCUT2D eigenvalue weighted by atomic mass is 31.2. The van der Waals surface area contributed by atoms with Gasteiger partial charge in [0.25, 0.3) is 5.56 Å². The van der Waals surface area contributed by atoms with Crippen LogP contribution in [0.2, 0.25) is 0 Å². The second-order valence-corrected chi connectivity index (χ2v) is 11.4. The number of nitrogens with zero attached hydrogens (tertiary/aromatic N) is 1. The average Bonchev–Trinajstić information content (AvgIpc) is 3.30. The molecule has 0 saturated carbocycles. The Balaban J connectivity index is 1.63. The Morgan fingerprint density at radius 2 is 1.93 bits per heavy atom. The summed E-state index contributed by atoms with van der Waals surface area (Å²) in [5, 5.41) is 24.7. The molecule has 1 unspecified atom stereocenters. The molecule has 1 saturated heterocycles. The van der Waals surface area contributed by atoms with Gasteiger partial charge in [0, 0.05) is 11.8 Å². The largest absolute Gasteiger partial charge is 0.462 e. The number of esters is 1. The van der Waals surface area contributed by atoms with Gasteiger partial charge >= 0.3 is 19.4 Å². The number of H-pyrrole nitrogens is 1. The van der Waals surface area contributed by atoms with Gasteiger partial charge in [-0.25, -0.2) is 9.36 Å². The molecular formula is C26H31FN3O10P. The first-order valence-electron chi connectivity index (χ1n) is 12.8. The van der Waals surface area contributed by atoms with Gasteiger partial charge in [0.15, 0.2) is 0 Å². The molecule has 13 nitrogen and oxygen atoms in total. The third-order valence-corrected chi connectivity index (χ3v) is 7.91. The Bertz CT molecular complexity index is 1550. The van der Waals surface area contributed by atoms with Gasteiger partial charge in [-0.1, -0.05) is 36.4 Å². The van der Waals surface area contributed by atoms with Crippen molar-refractivity contribution in [2.45, 2.75) is 63.9 Å². The molecule has 2 heterocycles. The van der Waals surface area contributed by atoms with Crippen LogP contribution in [0.4, 0.5) is 4.39 Å². The minimum Gasteiger partial charge on any atom is -0.462 e. The van der Waals surface area contributed by atoms with E-state index in [-0.39, 0.29) is 12.2 Å². The number of halogens is 1. The molecule has 2 aromatic carbocycles. The standard InChI is InChI=1S/C26H31FN3O10P/c1-14(2)37-25(34)15(3)29-41(36,39-20-10-6-8-16-7-4-5-9-17(16)20)40-21(13-31)23-19(32)11-22(38-23)30-12-18(27)24(33)28-26(30)35/h4-10,12,14-15,19,21-23,31-32H,11,13H2,1-3H3,(H,29,36)(H,28,33,35)/t15-,19?,21+,22+,23-,41+/m0/s1. The van der Waals surface area contributed by atoms with E-state index in [0.717, 1.165) is 9.95 Å². The lowest BCUT2D eigenvalue weighted by Gasteiger charge is -2.30. The Labute approximate surface area is 233 Å². The molecule has 1 aliphatic heterocycles. The van der Waals surface area contributed by atoms with E-state index in [1.54, 1.807) is 49.2 Å². The molecule has 0 spiro atoms. The summed E-state index contributed by atoms with van der Waals surface area (Å²) in [4.78, 5) is 37.9. The third-order valence-electron chi connectivity index (χ3n) is 6.22. The van der Waals surface area contributed by atoms with Crippen molar-refractivity contribution in [2.24, 2.45) is 0 Å². The lowest BCUT2D eigenvalue weighted by atomic mass is 10.1. The fourth-order valence-corrected chi connectivity index (χ4v) is 6.04. The van der Waals surface area contributed by atoms with Crippen molar-refractivity contribution in [1.82, 2.24) is 14.6 Å². The number of hydrogen-bond acceptors (Lipinski definition) is 10. The Morgan fingerprint density at radius 1 is 1.22 bits per heavy atom. The van der Waals surface area contributed by atoms with Gasteiger partial charge in [-0.3, -0.25) is 23.7 Å². The molecule has 1 fully saturated rings. The minimum absolute atomic E-state index is 0.140. The summed E-state index contributed by atoms with van der Waals surface area (Å²) in [5.74, 6) is -1.86. The molecule has 4 rings (SSSR count). The van der Waals surface area contributed by atoms with Crippen LogP contribution in [-0.4, -0.2) is 62.8 Å². The highest BCUT2D eigenvalue weighted by molar-refractivity contribution is 7.52.